The maximum Gasteiger partial charge on any atom is 0.410 e. The fourth-order valence-electron chi connectivity index (χ4n) is 4.36. The molecule has 1 N–H and O–H groups in total. The second kappa shape index (κ2) is 11.7. The third-order valence-corrected chi connectivity index (χ3v) is 6.40. The zero-order valence-corrected chi connectivity index (χ0v) is 21.9. The van der Waals surface area contributed by atoms with Gasteiger partial charge in [0.25, 0.3) is 5.91 Å². The molecule has 0 spiro atoms. The van der Waals surface area contributed by atoms with E-state index in [2.05, 4.69) is 30.8 Å². The maximum absolute atomic E-state index is 13.1. The number of benzene rings is 1. The molecule has 7 nitrogen and oxygen atoms in total. The van der Waals surface area contributed by atoms with Crippen molar-refractivity contribution in [2.24, 2.45) is 11.3 Å². The number of hydrogen-bond acceptors (Lipinski definition) is 5. The predicted molar refractivity (Wildman–Crippen MR) is 132 cm³/mol. The Morgan fingerprint density at radius 1 is 0.971 bits per heavy atom. The Labute approximate surface area is 204 Å². The lowest BCUT2D eigenvalue weighted by Crippen LogP contribution is -2.45. The lowest BCUT2D eigenvalue weighted by molar-refractivity contribution is -0.140. The predicted octanol–water partition coefficient (Wildman–Crippen LogP) is 5.32. The number of rotatable bonds is 7. The monoisotopic (exact) mass is 474 g/mol. The lowest BCUT2D eigenvalue weighted by Gasteiger charge is -2.41. The molecule has 34 heavy (non-hydrogen) atoms. The van der Waals surface area contributed by atoms with Crippen molar-refractivity contribution in [1.29, 1.82) is 0 Å². The van der Waals surface area contributed by atoms with Gasteiger partial charge < -0.3 is 19.7 Å². The van der Waals surface area contributed by atoms with Gasteiger partial charge in [-0.15, -0.1) is 0 Å². The minimum atomic E-state index is -0.565. The van der Waals surface area contributed by atoms with Crippen LogP contribution < -0.4 is 5.32 Å². The summed E-state index contributed by atoms with van der Waals surface area (Å²) in [5.74, 6) is 0.0376. The SMILES string of the molecule is COC(=O)CCNC(=O)c1ccc(CN(C(=O)OC(C)(C)C)C2CCC(C(C)(C)C)CC2)cc1. The first-order valence-electron chi connectivity index (χ1n) is 12.2. The molecule has 1 aliphatic carbocycles. The maximum atomic E-state index is 13.1. The second-order valence-corrected chi connectivity index (χ2v) is 11.3. The first-order valence-corrected chi connectivity index (χ1v) is 12.2. The van der Waals surface area contributed by atoms with E-state index in [4.69, 9.17) is 4.74 Å². The highest BCUT2D eigenvalue weighted by molar-refractivity contribution is 5.94. The van der Waals surface area contributed by atoms with Crippen molar-refractivity contribution in [2.45, 2.75) is 91.8 Å². The van der Waals surface area contributed by atoms with Crippen LogP contribution in [0.1, 0.15) is 89.6 Å². The summed E-state index contributed by atoms with van der Waals surface area (Å²) in [6, 6.07) is 7.36. The van der Waals surface area contributed by atoms with Crippen LogP contribution in [0.3, 0.4) is 0 Å². The van der Waals surface area contributed by atoms with Gasteiger partial charge in [0.15, 0.2) is 0 Å². The Morgan fingerprint density at radius 2 is 1.56 bits per heavy atom. The molecule has 0 bridgehead atoms. The molecule has 2 rings (SSSR count). The molecule has 0 atom stereocenters. The molecule has 7 heteroatoms. The lowest BCUT2D eigenvalue weighted by atomic mass is 9.71. The van der Waals surface area contributed by atoms with Gasteiger partial charge >= 0.3 is 12.1 Å². The van der Waals surface area contributed by atoms with E-state index in [-0.39, 0.29) is 42.4 Å². The number of esters is 1. The highest BCUT2D eigenvalue weighted by Gasteiger charge is 2.35. The Hall–Kier alpha value is -2.57. The summed E-state index contributed by atoms with van der Waals surface area (Å²) < 4.78 is 10.3. The Morgan fingerprint density at radius 3 is 2.06 bits per heavy atom. The third-order valence-electron chi connectivity index (χ3n) is 6.40. The molecule has 0 radical (unpaired) electrons. The standard InChI is InChI=1S/C27H42N2O5/c1-26(2,3)21-12-14-22(15-13-21)29(25(32)34-27(4,5)6)18-19-8-10-20(11-9-19)24(31)28-17-16-23(30)33-7/h8-11,21-22H,12-18H2,1-7H3,(H,28,31). The fraction of sp³-hybridized carbons (Fsp3) is 0.667. The molecule has 0 saturated heterocycles. The van der Waals surface area contributed by atoms with Gasteiger partial charge in [0, 0.05) is 24.7 Å². The van der Waals surface area contributed by atoms with Crippen LogP contribution >= 0.6 is 0 Å². The normalized spacial score (nSPS) is 18.7. The molecule has 1 aromatic carbocycles. The van der Waals surface area contributed by atoms with E-state index < -0.39 is 5.60 Å². The van der Waals surface area contributed by atoms with Crippen molar-refractivity contribution < 1.29 is 23.9 Å². The second-order valence-electron chi connectivity index (χ2n) is 11.3. The van der Waals surface area contributed by atoms with E-state index in [1.807, 2.05) is 37.8 Å². The molecular weight excluding hydrogens is 432 g/mol. The molecule has 1 aromatic rings. The topological polar surface area (TPSA) is 84.9 Å². The summed E-state index contributed by atoms with van der Waals surface area (Å²) >= 11 is 0. The molecule has 190 valence electrons. The minimum absolute atomic E-state index is 0.128. The quantitative estimate of drug-likeness (QED) is 0.541. The van der Waals surface area contributed by atoms with Gasteiger partial charge in [-0.1, -0.05) is 32.9 Å². The molecule has 0 aromatic heterocycles. The molecule has 2 amide bonds. The van der Waals surface area contributed by atoms with Gasteiger partial charge in [0.2, 0.25) is 0 Å². The van der Waals surface area contributed by atoms with Crippen LogP contribution in [0.5, 0.6) is 0 Å². The Kier molecular flexibility index (Phi) is 9.54. The third kappa shape index (κ3) is 8.65. The van der Waals surface area contributed by atoms with Crippen molar-refractivity contribution in [2.75, 3.05) is 13.7 Å². The van der Waals surface area contributed by atoms with Gasteiger partial charge in [-0.2, -0.15) is 0 Å². The minimum Gasteiger partial charge on any atom is -0.469 e. The van der Waals surface area contributed by atoms with Gasteiger partial charge in [0.05, 0.1) is 13.5 Å². The van der Waals surface area contributed by atoms with E-state index >= 15 is 0 Å². The van der Waals surface area contributed by atoms with E-state index in [1.54, 1.807) is 12.1 Å². The summed E-state index contributed by atoms with van der Waals surface area (Å²) in [4.78, 5) is 38.5. The molecule has 1 aliphatic rings. The number of methoxy groups -OCH3 is 1. The Bertz CT molecular complexity index is 828. The Balaban J connectivity index is 2.07. The number of ether oxygens (including phenoxy) is 2. The average molecular weight is 475 g/mol. The molecule has 0 unspecified atom stereocenters. The first-order chi connectivity index (χ1) is 15.8. The summed E-state index contributed by atoms with van der Waals surface area (Å²) in [6.07, 6.45) is 3.94. The van der Waals surface area contributed by atoms with Gasteiger partial charge in [-0.3, -0.25) is 9.59 Å². The van der Waals surface area contributed by atoms with Crippen LogP contribution in [0.25, 0.3) is 0 Å². The molecule has 0 aliphatic heterocycles. The van der Waals surface area contributed by atoms with E-state index in [9.17, 15) is 14.4 Å². The number of amides is 2. The number of carbonyl (C=O) groups excluding carboxylic acids is 3. The van der Waals surface area contributed by atoms with Crippen molar-refractivity contribution in [3.63, 3.8) is 0 Å². The highest BCUT2D eigenvalue weighted by atomic mass is 16.6. The summed E-state index contributed by atoms with van der Waals surface area (Å²) in [6.45, 7) is 13.2. The van der Waals surface area contributed by atoms with Crippen molar-refractivity contribution in [3.8, 4) is 0 Å². The van der Waals surface area contributed by atoms with Gasteiger partial charge in [-0.05, 0) is 75.5 Å². The fourth-order valence-corrected chi connectivity index (χ4v) is 4.36. The average Bonchev–Trinajstić information content (AvgIpc) is 2.76. The van der Waals surface area contributed by atoms with Crippen molar-refractivity contribution >= 4 is 18.0 Å². The zero-order valence-electron chi connectivity index (χ0n) is 21.9. The van der Waals surface area contributed by atoms with E-state index in [0.29, 0.717) is 18.0 Å². The van der Waals surface area contributed by atoms with E-state index in [0.717, 1.165) is 31.2 Å². The number of nitrogens with zero attached hydrogens (tertiary/aromatic N) is 1. The highest BCUT2D eigenvalue weighted by Crippen LogP contribution is 2.39. The van der Waals surface area contributed by atoms with E-state index in [1.165, 1.54) is 7.11 Å². The largest absolute Gasteiger partial charge is 0.469 e. The van der Waals surface area contributed by atoms with Gasteiger partial charge in [-0.25, -0.2) is 4.79 Å². The molecule has 1 saturated carbocycles. The molecule has 1 fully saturated rings. The first kappa shape index (κ1) is 27.7. The number of nitrogens with one attached hydrogen (secondary N) is 1. The van der Waals surface area contributed by atoms with Crippen LogP contribution in [0, 0.1) is 11.3 Å². The zero-order chi connectivity index (χ0) is 25.5. The van der Waals surface area contributed by atoms with Gasteiger partial charge in [0.1, 0.15) is 5.60 Å². The number of hydrogen-bond donors (Lipinski definition) is 1. The van der Waals surface area contributed by atoms with Crippen molar-refractivity contribution in [3.05, 3.63) is 35.4 Å². The van der Waals surface area contributed by atoms with Crippen molar-refractivity contribution in [1.82, 2.24) is 10.2 Å². The molecule has 0 heterocycles. The number of carbonyl (C=O) groups is 3. The smallest absolute Gasteiger partial charge is 0.410 e. The summed E-state index contributed by atoms with van der Waals surface area (Å²) in [5, 5.41) is 2.71. The van der Waals surface area contributed by atoms with Crippen LogP contribution in [0.15, 0.2) is 24.3 Å². The van der Waals surface area contributed by atoms with Crippen LogP contribution in [-0.2, 0) is 20.8 Å². The van der Waals surface area contributed by atoms with Crippen LogP contribution in [0.2, 0.25) is 0 Å². The molecular formula is C27H42N2O5. The summed E-state index contributed by atoms with van der Waals surface area (Å²) in [7, 11) is 1.32. The summed E-state index contributed by atoms with van der Waals surface area (Å²) in [5.41, 5.74) is 1.15. The van der Waals surface area contributed by atoms with Crippen LogP contribution in [0.4, 0.5) is 4.79 Å². The van der Waals surface area contributed by atoms with Crippen LogP contribution in [-0.4, -0.2) is 48.2 Å².